The van der Waals surface area contributed by atoms with Crippen LogP contribution in [0.1, 0.15) is 5.56 Å². The van der Waals surface area contributed by atoms with E-state index in [0.29, 0.717) is 26.2 Å². The van der Waals surface area contributed by atoms with Crippen molar-refractivity contribution in [2.45, 2.75) is 4.90 Å². The maximum absolute atomic E-state index is 12.8. The molecule has 0 aliphatic carbocycles. The molecule has 0 spiro atoms. The van der Waals surface area contributed by atoms with Gasteiger partial charge in [-0.1, -0.05) is 65.7 Å². The molecule has 1 aliphatic heterocycles. The monoisotopic (exact) mass is 426 g/mol. The highest BCUT2D eigenvalue weighted by atomic mass is 35.5. The Kier molecular flexibility index (Phi) is 6.44. The van der Waals surface area contributed by atoms with Crippen molar-refractivity contribution in [3.05, 3.63) is 64.1 Å². The summed E-state index contributed by atoms with van der Waals surface area (Å²) < 4.78 is 27.0. The number of nitrogens with zero attached hydrogens (tertiary/aromatic N) is 2. The molecule has 8 heteroatoms. The standard InChI is InChI=1S/C19H20Cl2N2O3S/c20-16-13-17(21)19(24)18(14-16)27(25,26)23-11-9-22(10-12-23)8-4-7-15-5-2-1-3-6-15/h1-7,13-14,24H,8-12H2. The van der Waals surface area contributed by atoms with Gasteiger partial charge in [0.25, 0.3) is 0 Å². The molecule has 0 unspecified atom stereocenters. The van der Waals surface area contributed by atoms with Gasteiger partial charge in [-0.05, 0) is 17.7 Å². The number of hydrogen-bond donors (Lipinski definition) is 1. The van der Waals surface area contributed by atoms with Crippen molar-refractivity contribution in [2.75, 3.05) is 32.7 Å². The molecule has 0 amide bonds. The normalized spacial score (nSPS) is 16.8. The summed E-state index contributed by atoms with van der Waals surface area (Å²) in [7, 11) is -3.85. The van der Waals surface area contributed by atoms with Gasteiger partial charge in [0.2, 0.25) is 10.0 Å². The second-order valence-electron chi connectivity index (χ2n) is 6.25. The van der Waals surface area contributed by atoms with Crippen molar-refractivity contribution in [1.29, 1.82) is 0 Å². The van der Waals surface area contributed by atoms with Crippen molar-refractivity contribution in [3.63, 3.8) is 0 Å². The van der Waals surface area contributed by atoms with E-state index in [2.05, 4.69) is 17.1 Å². The third-order valence-corrected chi connectivity index (χ3v) is 6.83. The number of hydrogen-bond acceptors (Lipinski definition) is 4. The molecule has 1 fully saturated rings. The molecule has 1 aliphatic rings. The van der Waals surface area contributed by atoms with Gasteiger partial charge in [-0.2, -0.15) is 4.31 Å². The van der Waals surface area contributed by atoms with E-state index in [4.69, 9.17) is 23.2 Å². The lowest BCUT2D eigenvalue weighted by Gasteiger charge is -2.33. The molecule has 2 aromatic carbocycles. The van der Waals surface area contributed by atoms with Gasteiger partial charge in [0.05, 0.1) is 5.02 Å². The Balaban J connectivity index is 1.62. The predicted molar refractivity (Wildman–Crippen MR) is 109 cm³/mol. The van der Waals surface area contributed by atoms with Crippen LogP contribution in [0.25, 0.3) is 6.08 Å². The fraction of sp³-hybridized carbons (Fsp3) is 0.263. The van der Waals surface area contributed by atoms with Gasteiger partial charge in [0, 0.05) is 37.7 Å². The average Bonchev–Trinajstić information content (AvgIpc) is 2.66. The van der Waals surface area contributed by atoms with E-state index in [9.17, 15) is 13.5 Å². The third-order valence-electron chi connectivity index (χ3n) is 4.42. The van der Waals surface area contributed by atoms with Gasteiger partial charge in [0.1, 0.15) is 4.90 Å². The quantitative estimate of drug-likeness (QED) is 0.790. The van der Waals surface area contributed by atoms with Crippen LogP contribution in [0.4, 0.5) is 0 Å². The summed E-state index contributed by atoms with van der Waals surface area (Å²) >= 11 is 11.8. The molecular formula is C19H20Cl2N2O3S. The SMILES string of the molecule is O=S(=O)(c1cc(Cl)cc(Cl)c1O)N1CCN(CC=Cc2ccccc2)CC1. The molecule has 1 saturated heterocycles. The van der Waals surface area contributed by atoms with E-state index in [1.54, 1.807) is 0 Å². The van der Waals surface area contributed by atoms with E-state index in [1.807, 2.05) is 30.3 Å². The van der Waals surface area contributed by atoms with Crippen molar-refractivity contribution >= 4 is 39.3 Å². The highest BCUT2D eigenvalue weighted by molar-refractivity contribution is 7.89. The van der Waals surface area contributed by atoms with Crippen LogP contribution in [0, 0.1) is 0 Å². The minimum Gasteiger partial charge on any atom is -0.505 e. The summed E-state index contributed by atoms with van der Waals surface area (Å²) in [6.07, 6.45) is 4.12. The summed E-state index contributed by atoms with van der Waals surface area (Å²) in [5.74, 6) is -0.464. The first-order chi connectivity index (χ1) is 12.9. The number of phenolic OH excluding ortho intramolecular Hbond substituents is 1. The van der Waals surface area contributed by atoms with Gasteiger partial charge in [-0.25, -0.2) is 8.42 Å². The summed E-state index contributed by atoms with van der Waals surface area (Å²) in [4.78, 5) is 1.92. The van der Waals surface area contributed by atoms with Crippen LogP contribution in [-0.4, -0.2) is 55.5 Å². The largest absolute Gasteiger partial charge is 0.505 e. The highest BCUT2D eigenvalue weighted by Gasteiger charge is 2.31. The first kappa shape index (κ1) is 20.2. The number of aromatic hydroxyl groups is 1. The number of piperazine rings is 1. The van der Waals surface area contributed by atoms with E-state index >= 15 is 0 Å². The zero-order valence-electron chi connectivity index (χ0n) is 14.6. The third kappa shape index (κ3) is 4.83. The second-order valence-corrected chi connectivity index (χ2v) is 9.00. The summed E-state index contributed by atoms with van der Waals surface area (Å²) in [5, 5.41) is 10.1. The Morgan fingerprint density at radius 3 is 2.37 bits per heavy atom. The molecule has 0 bridgehead atoms. The Hall–Kier alpha value is -1.57. The van der Waals surface area contributed by atoms with Crippen LogP contribution in [0.15, 0.2) is 53.4 Å². The first-order valence-corrected chi connectivity index (χ1v) is 10.7. The Morgan fingerprint density at radius 1 is 1.04 bits per heavy atom. The van der Waals surface area contributed by atoms with Crippen LogP contribution >= 0.6 is 23.2 Å². The number of sulfonamides is 1. The maximum atomic E-state index is 12.8. The van der Waals surface area contributed by atoms with Gasteiger partial charge in [0.15, 0.2) is 5.75 Å². The molecule has 1 N–H and O–H groups in total. The fourth-order valence-electron chi connectivity index (χ4n) is 2.93. The molecule has 1 heterocycles. The van der Waals surface area contributed by atoms with Crippen molar-refractivity contribution in [1.82, 2.24) is 9.21 Å². The smallest absolute Gasteiger partial charge is 0.246 e. The van der Waals surface area contributed by atoms with E-state index in [-0.39, 0.29) is 14.9 Å². The van der Waals surface area contributed by atoms with Crippen LogP contribution in [0.2, 0.25) is 10.0 Å². The Bertz CT molecular complexity index is 925. The van der Waals surface area contributed by atoms with Gasteiger partial charge in [-0.3, -0.25) is 4.90 Å². The molecular weight excluding hydrogens is 407 g/mol. The Morgan fingerprint density at radius 2 is 1.70 bits per heavy atom. The summed E-state index contributed by atoms with van der Waals surface area (Å²) in [5.41, 5.74) is 1.13. The van der Waals surface area contributed by atoms with Crippen molar-refractivity contribution in [2.24, 2.45) is 0 Å². The molecule has 0 aromatic heterocycles. The minimum atomic E-state index is -3.85. The van der Waals surface area contributed by atoms with Crippen LogP contribution in [0.3, 0.4) is 0 Å². The highest BCUT2D eigenvalue weighted by Crippen LogP contribution is 2.35. The zero-order valence-corrected chi connectivity index (χ0v) is 16.9. The molecule has 0 saturated carbocycles. The topological polar surface area (TPSA) is 60.9 Å². The molecule has 2 aromatic rings. The van der Waals surface area contributed by atoms with Crippen LogP contribution in [0.5, 0.6) is 5.75 Å². The Labute approximate surface area is 169 Å². The summed E-state index contributed by atoms with van der Waals surface area (Å²) in [6.45, 7) is 2.63. The van der Waals surface area contributed by atoms with Gasteiger partial charge in [-0.15, -0.1) is 0 Å². The number of rotatable bonds is 5. The van der Waals surface area contributed by atoms with Crippen molar-refractivity contribution in [3.8, 4) is 5.75 Å². The lowest BCUT2D eigenvalue weighted by Crippen LogP contribution is -2.48. The first-order valence-electron chi connectivity index (χ1n) is 8.50. The maximum Gasteiger partial charge on any atom is 0.246 e. The van der Waals surface area contributed by atoms with E-state index in [1.165, 1.54) is 16.4 Å². The van der Waals surface area contributed by atoms with E-state index in [0.717, 1.165) is 12.1 Å². The summed E-state index contributed by atoms with van der Waals surface area (Å²) in [6, 6.07) is 12.6. The molecule has 5 nitrogen and oxygen atoms in total. The zero-order chi connectivity index (χ0) is 19.4. The van der Waals surface area contributed by atoms with Gasteiger partial charge < -0.3 is 5.11 Å². The number of halogens is 2. The molecule has 0 radical (unpaired) electrons. The lowest BCUT2D eigenvalue weighted by atomic mass is 10.2. The van der Waals surface area contributed by atoms with Crippen LogP contribution in [-0.2, 0) is 10.0 Å². The lowest BCUT2D eigenvalue weighted by molar-refractivity contribution is 0.204. The van der Waals surface area contributed by atoms with Crippen LogP contribution < -0.4 is 0 Å². The minimum absolute atomic E-state index is 0.0780. The number of phenols is 1. The van der Waals surface area contributed by atoms with E-state index < -0.39 is 15.8 Å². The van der Waals surface area contributed by atoms with Gasteiger partial charge >= 0.3 is 0 Å². The molecule has 3 rings (SSSR count). The molecule has 144 valence electrons. The number of benzene rings is 2. The predicted octanol–water partition coefficient (Wildman–Crippen LogP) is 3.72. The molecule has 27 heavy (non-hydrogen) atoms. The second kappa shape index (κ2) is 8.63. The van der Waals surface area contributed by atoms with Crippen molar-refractivity contribution < 1.29 is 13.5 Å². The average molecular weight is 427 g/mol. The molecule has 0 atom stereocenters. The fourth-order valence-corrected chi connectivity index (χ4v) is 5.10.